The van der Waals surface area contributed by atoms with Crippen molar-refractivity contribution >= 4 is 26.0 Å². The Balaban J connectivity index is 1.50. The number of morpholine rings is 1. The summed E-state index contributed by atoms with van der Waals surface area (Å²) in [6.45, 7) is 3.88. The number of rotatable bonds is 6. The van der Waals surface area contributed by atoms with Gasteiger partial charge in [-0.15, -0.1) is 0 Å². The van der Waals surface area contributed by atoms with Crippen molar-refractivity contribution in [3.63, 3.8) is 0 Å². The molecule has 2 saturated heterocycles. The van der Waals surface area contributed by atoms with E-state index in [-0.39, 0.29) is 28.0 Å². The molecule has 1 atom stereocenters. The Morgan fingerprint density at radius 3 is 2.15 bits per heavy atom. The summed E-state index contributed by atoms with van der Waals surface area (Å²) in [7, 11) is -7.99. The second-order valence-corrected chi connectivity index (χ2v) is 11.5. The lowest BCUT2D eigenvalue weighted by atomic mass is 10.2. The maximum Gasteiger partial charge on any atom is 0.339 e. The number of hydrogen-bond acceptors (Lipinski definition) is 7. The largest absolute Gasteiger partial charge is 0.379 e. The normalized spacial score (nSPS) is 20.0. The van der Waals surface area contributed by atoms with Gasteiger partial charge in [0.25, 0.3) is 0 Å². The first-order chi connectivity index (χ1) is 15.7. The summed E-state index contributed by atoms with van der Waals surface area (Å²) in [5.74, 6) is -0.208. The Morgan fingerprint density at radius 1 is 0.909 bits per heavy atom. The van der Waals surface area contributed by atoms with Crippen molar-refractivity contribution in [3.05, 3.63) is 54.1 Å². The van der Waals surface area contributed by atoms with Crippen LogP contribution < -0.4 is 4.18 Å². The molecule has 2 aromatic rings. The van der Waals surface area contributed by atoms with Gasteiger partial charge in [-0.2, -0.15) is 12.7 Å². The van der Waals surface area contributed by atoms with Gasteiger partial charge in [0.2, 0.25) is 15.9 Å². The molecule has 2 aromatic carbocycles. The van der Waals surface area contributed by atoms with Crippen molar-refractivity contribution in [2.24, 2.45) is 0 Å². The Morgan fingerprint density at radius 2 is 1.52 bits per heavy atom. The van der Waals surface area contributed by atoms with E-state index in [1.165, 1.54) is 40.7 Å². The fourth-order valence-corrected chi connectivity index (χ4v) is 6.53. The van der Waals surface area contributed by atoms with Gasteiger partial charge in [0.05, 0.1) is 18.1 Å². The number of hydrogen-bond donors (Lipinski definition) is 0. The van der Waals surface area contributed by atoms with Gasteiger partial charge in [-0.05, 0) is 56.2 Å². The second kappa shape index (κ2) is 9.41. The lowest BCUT2D eigenvalue weighted by Gasteiger charge is -2.32. The average molecular weight is 495 g/mol. The SMILES string of the molecule is Cc1ccc(S(=O)(=O)Oc2ccc(S(=O)(=O)N3CCCC3C(=O)N3CCOCC3)cc2)cc1. The quantitative estimate of drug-likeness (QED) is 0.563. The summed E-state index contributed by atoms with van der Waals surface area (Å²) in [4.78, 5) is 14.6. The van der Waals surface area contributed by atoms with Gasteiger partial charge in [-0.3, -0.25) is 4.79 Å². The minimum atomic E-state index is -4.05. The molecule has 33 heavy (non-hydrogen) atoms. The second-order valence-electron chi connectivity index (χ2n) is 8.03. The number of carbonyl (C=O) groups is 1. The molecular formula is C22H26N2O7S2. The molecule has 2 fully saturated rings. The number of benzene rings is 2. The van der Waals surface area contributed by atoms with Crippen LogP contribution in [-0.2, 0) is 29.7 Å². The van der Waals surface area contributed by atoms with Crippen molar-refractivity contribution in [1.29, 1.82) is 0 Å². The predicted octanol–water partition coefficient (Wildman–Crippen LogP) is 1.77. The molecule has 0 spiro atoms. The lowest BCUT2D eigenvalue weighted by Crippen LogP contribution is -2.50. The molecule has 0 saturated carbocycles. The molecule has 0 aromatic heterocycles. The van der Waals surface area contributed by atoms with Crippen LogP contribution in [0.15, 0.2) is 58.3 Å². The molecule has 1 unspecified atom stereocenters. The molecule has 2 heterocycles. The van der Waals surface area contributed by atoms with Crippen LogP contribution in [0.3, 0.4) is 0 Å². The Hall–Kier alpha value is -2.47. The monoisotopic (exact) mass is 494 g/mol. The van der Waals surface area contributed by atoms with Gasteiger partial charge < -0.3 is 13.8 Å². The molecule has 4 rings (SSSR count). The van der Waals surface area contributed by atoms with Crippen molar-refractivity contribution in [2.45, 2.75) is 35.6 Å². The van der Waals surface area contributed by atoms with Crippen LogP contribution in [0.2, 0.25) is 0 Å². The third-order valence-corrected chi connectivity index (χ3v) is 8.94. The topological polar surface area (TPSA) is 110 Å². The number of nitrogens with zero attached hydrogens (tertiary/aromatic N) is 2. The summed E-state index contributed by atoms with van der Waals surface area (Å²) in [5, 5.41) is 0. The zero-order valence-corrected chi connectivity index (χ0v) is 19.8. The minimum absolute atomic E-state index is 0.00288. The maximum absolute atomic E-state index is 13.3. The molecule has 11 heteroatoms. The smallest absolute Gasteiger partial charge is 0.339 e. The molecule has 0 aliphatic carbocycles. The third-order valence-electron chi connectivity index (χ3n) is 5.76. The number of amides is 1. The minimum Gasteiger partial charge on any atom is -0.379 e. The number of ether oxygens (including phenoxy) is 1. The highest BCUT2D eigenvalue weighted by Crippen LogP contribution is 2.29. The van der Waals surface area contributed by atoms with E-state index in [2.05, 4.69) is 0 Å². The van der Waals surface area contributed by atoms with Crippen molar-refractivity contribution in [3.8, 4) is 5.75 Å². The van der Waals surface area contributed by atoms with E-state index in [1.54, 1.807) is 17.0 Å². The number of carbonyl (C=O) groups excluding carboxylic acids is 1. The third kappa shape index (κ3) is 5.06. The van der Waals surface area contributed by atoms with Crippen LogP contribution in [0.5, 0.6) is 5.75 Å². The van der Waals surface area contributed by atoms with Gasteiger partial charge in [0.15, 0.2) is 0 Å². The highest BCUT2D eigenvalue weighted by molar-refractivity contribution is 7.89. The van der Waals surface area contributed by atoms with E-state index < -0.39 is 26.2 Å². The van der Waals surface area contributed by atoms with Crippen LogP contribution in [0.1, 0.15) is 18.4 Å². The van der Waals surface area contributed by atoms with Crippen molar-refractivity contribution in [2.75, 3.05) is 32.8 Å². The molecular weight excluding hydrogens is 468 g/mol. The highest BCUT2D eigenvalue weighted by Gasteiger charge is 2.41. The van der Waals surface area contributed by atoms with Gasteiger partial charge in [0, 0.05) is 19.6 Å². The Bertz CT molecular complexity index is 1200. The zero-order chi connectivity index (χ0) is 23.6. The van der Waals surface area contributed by atoms with E-state index in [4.69, 9.17) is 8.92 Å². The molecule has 2 aliphatic rings. The molecule has 0 bridgehead atoms. The standard InChI is InChI=1S/C22H26N2O7S2/c1-17-4-8-20(9-5-17)33(28,29)31-18-6-10-19(11-7-18)32(26,27)24-12-2-3-21(24)22(25)23-13-15-30-16-14-23/h4-11,21H,2-3,12-16H2,1H3. The van der Waals surface area contributed by atoms with E-state index in [1.807, 2.05) is 6.92 Å². The molecule has 178 valence electrons. The van der Waals surface area contributed by atoms with Crippen LogP contribution in [0, 0.1) is 6.92 Å². The van der Waals surface area contributed by atoms with Crippen LogP contribution in [0.4, 0.5) is 0 Å². The number of aryl methyl sites for hydroxylation is 1. The summed E-state index contributed by atoms with van der Waals surface area (Å²) < 4.78 is 63.1. The summed E-state index contributed by atoms with van der Waals surface area (Å²) in [6, 6.07) is 10.7. The fraction of sp³-hybridized carbons (Fsp3) is 0.409. The zero-order valence-electron chi connectivity index (χ0n) is 18.2. The summed E-state index contributed by atoms with van der Waals surface area (Å²) >= 11 is 0. The fourth-order valence-electron chi connectivity index (χ4n) is 3.95. The van der Waals surface area contributed by atoms with E-state index in [0.29, 0.717) is 39.1 Å². The molecule has 1 amide bonds. The first-order valence-corrected chi connectivity index (χ1v) is 13.5. The van der Waals surface area contributed by atoms with Crippen LogP contribution in [0.25, 0.3) is 0 Å². The first-order valence-electron chi connectivity index (χ1n) is 10.7. The molecule has 0 N–H and O–H groups in total. The van der Waals surface area contributed by atoms with Crippen LogP contribution >= 0.6 is 0 Å². The molecule has 2 aliphatic heterocycles. The van der Waals surface area contributed by atoms with Gasteiger partial charge in [-0.1, -0.05) is 17.7 Å². The predicted molar refractivity (Wildman–Crippen MR) is 120 cm³/mol. The van der Waals surface area contributed by atoms with Crippen molar-refractivity contribution in [1.82, 2.24) is 9.21 Å². The molecule has 0 radical (unpaired) electrons. The lowest BCUT2D eigenvalue weighted by molar-refractivity contribution is -0.138. The van der Waals surface area contributed by atoms with Crippen LogP contribution in [-0.4, -0.2) is 70.8 Å². The summed E-state index contributed by atoms with van der Waals surface area (Å²) in [6.07, 6.45) is 1.06. The van der Waals surface area contributed by atoms with Crippen molar-refractivity contribution < 1.29 is 30.6 Å². The van der Waals surface area contributed by atoms with Gasteiger partial charge >= 0.3 is 10.1 Å². The van der Waals surface area contributed by atoms with E-state index in [0.717, 1.165) is 5.56 Å². The molecule has 9 nitrogen and oxygen atoms in total. The maximum atomic E-state index is 13.3. The Kier molecular flexibility index (Phi) is 6.76. The summed E-state index contributed by atoms with van der Waals surface area (Å²) in [5.41, 5.74) is 0.913. The van der Waals surface area contributed by atoms with E-state index >= 15 is 0 Å². The van der Waals surface area contributed by atoms with E-state index in [9.17, 15) is 21.6 Å². The first kappa shape index (κ1) is 23.7. The number of sulfonamides is 1. The van der Waals surface area contributed by atoms with Gasteiger partial charge in [-0.25, -0.2) is 8.42 Å². The van der Waals surface area contributed by atoms with Gasteiger partial charge in [0.1, 0.15) is 16.7 Å². The Labute approximate surface area is 194 Å². The average Bonchev–Trinajstić information content (AvgIpc) is 3.30. The highest BCUT2D eigenvalue weighted by atomic mass is 32.2.